The highest BCUT2D eigenvalue weighted by Gasteiger charge is 2.14. The van der Waals surface area contributed by atoms with Crippen LogP contribution in [-0.2, 0) is 9.53 Å². The monoisotopic (exact) mass is 223 g/mol. The predicted molar refractivity (Wildman–Crippen MR) is 63.9 cm³/mol. The van der Waals surface area contributed by atoms with Gasteiger partial charge in [-0.2, -0.15) is 0 Å². The molecule has 1 unspecified atom stereocenters. The summed E-state index contributed by atoms with van der Waals surface area (Å²) < 4.78 is 5.12. The number of hydrogen-bond acceptors (Lipinski definition) is 3. The molecule has 1 fully saturated rings. The van der Waals surface area contributed by atoms with Crippen molar-refractivity contribution in [3.63, 3.8) is 0 Å². The van der Waals surface area contributed by atoms with Crippen LogP contribution in [0.15, 0.2) is 0 Å². The highest BCUT2D eigenvalue weighted by Crippen LogP contribution is 2.08. The van der Waals surface area contributed by atoms with Gasteiger partial charge in [0.1, 0.15) is 5.60 Å². The van der Waals surface area contributed by atoms with Crippen LogP contribution in [0.4, 0.5) is 0 Å². The van der Waals surface area contributed by atoms with E-state index in [0.29, 0.717) is 0 Å². The summed E-state index contributed by atoms with van der Waals surface area (Å²) >= 11 is 0. The van der Waals surface area contributed by atoms with Crippen LogP contribution in [0.5, 0.6) is 0 Å². The predicted octanol–water partition coefficient (Wildman–Crippen LogP) is 1.86. The second kappa shape index (κ2) is 5.91. The van der Waals surface area contributed by atoms with E-state index in [0.717, 1.165) is 13.0 Å². The molecule has 3 heteroatoms. The third-order valence-electron chi connectivity index (χ3n) is 2.31. The Morgan fingerprint density at radius 2 is 2.06 bits per heavy atom. The van der Waals surface area contributed by atoms with Crippen LogP contribution in [0.3, 0.4) is 0 Å². The van der Waals surface area contributed by atoms with E-state index < -0.39 is 11.6 Å². The van der Waals surface area contributed by atoms with Gasteiger partial charge in [-0.3, -0.25) is 0 Å². The summed E-state index contributed by atoms with van der Waals surface area (Å²) in [5.41, 5.74) is -0.456. The van der Waals surface area contributed by atoms with E-state index in [1.54, 1.807) is 0 Å². The number of hydrogen-bond donors (Lipinski definition) is 1. The number of carbonyl (C=O) groups is 1. The summed E-state index contributed by atoms with van der Waals surface area (Å²) in [6.45, 7) is 6.52. The number of ether oxygens (including phenoxy) is 1. The van der Waals surface area contributed by atoms with Crippen LogP contribution >= 0.6 is 0 Å². The number of esters is 1. The first-order valence-electron chi connectivity index (χ1n) is 5.95. The molecule has 0 bridgehead atoms. The Balaban J connectivity index is 2.43. The van der Waals surface area contributed by atoms with Crippen LogP contribution in [0.25, 0.3) is 0 Å². The molecule has 0 amide bonds. The number of rotatable bonds is 0. The van der Waals surface area contributed by atoms with Crippen molar-refractivity contribution in [1.29, 1.82) is 0 Å². The van der Waals surface area contributed by atoms with Gasteiger partial charge in [-0.25, -0.2) is 4.79 Å². The standard InChI is InChI=1S/C13H21NO2/c1-13(2,3)16-12(15)9-8-11-7-5-4-6-10-14-11/h11,14H,4-7,10H2,1-3H3. The summed E-state index contributed by atoms with van der Waals surface area (Å²) in [4.78, 5) is 11.4. The lowest BCUT2D eigenvalue weighted by molar-refractivity contribution is -0.147. The van der Waals surface area contributed by atoms with E-state index in [-0.39, 0.29) is 6.04 Å². The lowest BCUT2D eigenvalue weighted by Gasteiger charge is -2.17. The quantitative estimate of drug-likeness (QED) is 0.387. The van der Waals surface area contributed by atoms with E-state index in [1.165, 1.54) is 19.3 Å². The molecule has 1 N–H and O–H groups in total. The third kappa shape index (κ3) is 5.77. The Hall–Kier alpha value is -1.01. The molecule has 0 spiro atoms. The Bertz CT molecular complexity index is 285. The second-order valence-electron chi connectivity index (χ2n) is 5.13. The van der Waals surface area contributed by atoms with Gasteiger partial charge in [-0.15, -0.1) is 0 Å². The first-order valence-corrected chi connectivity index (χ1v) is 5.95. The third-order valence-corrected chi connectivity index (χ3v) is 2.31. The molecule has 0 aromatic rings. The Kier molecular flexibility index (Phi) is 4.82. The number of nitrogens with one attached hydrogen (secondary N) is 1. The molecule has 0 radical (unpaired) electrons. The van der Waals surface area contributed by atoms with Gasteiger partial charge in [0.2, 0.25) is 0 Å². The van der Waals surface area contributed by atoms with Crippen LogP contribution in [0, 0.1) is 11.8 Å². The van der Waals surface area contributed by atoms with Crippen LogP contribution in [0.2, 0.25) is 0 Å². The maximum absolute atomic E-state index is 11.4. The Morgan fingerprint density at radius 3 is 2.75 bits per heavy atom. The van der Waals surface area contributed by atoms with Crippen molar-refractivity contribution in [2.45, 2.75) is 58.1 Å². The van der Waals surface area contributed by atoms with Gasteiger partial charge in [-0.05, 0) is 40.2 Å². The van der Waals surface area contributed by atoms with Crippen LogP contribution in [0.1, 0.15) is 46.5 Å². The Morgan fingerprint density at radius 1 is 1.31 bits per heavy atom. The zero-order valence-electron chi connectivity index (χ0n) is 10.4. The minimum Gasteiger partial charge on any atom is -0.450 e. The molecule has 1 saturated heterocycles. The van der Waals surface area contributed by atoms with Gasteiger partial charge < -0.3 is 10.1 Å². The molecule has 0 aromatic heterocycles. The van der Waals surface area contributed by atoms with Crippen molar-refractivity contribution in [3.05, 3.63) is 0 Å². The molecule has 1 aliphatic rings. The van der Waals surface area contributed by atoms with E-state index in [9.17, 15) is 4.79 Å². The van der Waals surface area contributed by atoms with Crippen molar-refractivity contribution in [2.75, 3.05) is 6.54 Å². The molecule has 1 heterocycles. The van der Waals surface area contributed by atoms with Gasteiger partial charge in [-0.1, -0.05) is 18.8 Å². The highest BCUT2D eigenvalue weighted by molar-refractivity contribution is 5.88. The highest BCUT2D eigenvalue weighted by atomic mass is 16.6. The zero-order chi connectivity index (χ0) is 12.0. The van der Waals surface area contributed by atoms with Gasteiger partial charge >= 0.3 is 5.97 Å². The van der Waals surface area contributed by atoms with Gasteiger partial charge in [0.05, 0.1) is 6.04 Å². The summed E-state index contributed by atoms with van der Waals surface area (Å²) in [5.74, 6) is 5.08. The van der Waals surface area contributed by atoms with Crippen molar-refractivity contribution in [2.24, 2.45) is 0 Å². The fraction of sp³-hybridized carbons (Fsp3) is 0.769. The van der Waals surface area contributed by atoms with E-state index in [1.807, 2.05) is 20.8 Å². The summed E-state index contributed by atoms with van der Waals surface area (Å²) in [6, 6.07) is 0.148. The van der Waals surface area contributed by atoms with Crippen molar-refractivity contribution in [3.8, 4) is 11.8 Å². The van der Waals surface area contributed by atoms with E-state index >= 15 is 0 Å². The van der Waals surface area contributed by atoms with Crippen LogP contribution < -0.4 is 5.32 Å². The molecular weight excluding hydrogens is 202 g/mol. The summed E-state index contributed by atoms with van der Waals surface area (Å²) in [5, 5.41) is 3.32. The summed E-state index contributed by atoms with van der Waals surface area (Å²) in [6.07, 6.45) is 4.65. The molecule has 0 aliphatic carbocycles. The maximum Gasteiger partial charge on any atom is 0.384 e. The molecule has 90 valence electrons. The Labute approximate surface area is 97.9 Å². The molecule has 1 rings (SSSR count). The molecule has 16 heavy (non-hydrogen) atoms. The molecule has 3 nitrogen and oxygen atoms in total. The molecular formula is C13H21NO2. The largest absolute Gasteiger partial charge is 0.450 e. The van der Waals surface area contributed by atoms with Crippen molar-refractivity contribution < 1.29 is 9.53 Å². The minimum absolute atomic E-state index is 0.148. The second-order valence-corrected chi connectivity index (χ2v) is 5.13. The lowest BCUT2D eigenvalue weighted by atomic mass is 10.1. The SMILES string of the molecule is CC(C)(C)OC(=O)C#CC1CCCCCN1. The van der Waals surface area contributed by atoms with Gasteiger partial charge in [0.25, 0.3) is 0 Å². The van der Waals surface area contributed by atoms with E-state index in [4.69, 9.17) is 4.74 Å². The zero-order valence-corrected chi connectivity index (χ0v) is 10.4. The van der Waals surface area contributed by atoms with Gasteiger partial charge in [0.15, 0.2) is 0 Å². The smallest absolute Gasteiger partial charge is 0.384 e. The average Bonchev–Trinajstić information content (AvgIpc) is 2.39. The summed E-state index contributed by atoms with van der Waals surface area (Å²) in [7, 11) is 0. The average molecular weight is 223 g/mol. The molecule has 0 aromatic carbocycles. The first-order chi connectivity index (χ1) is 7.47. The molecule has 1 atom stereocenters. The lowest BCUT2D eigenvalue weighted by Crippen LogP contribution is -2.27. The van der Waals surface area contributed by atoms with Crippen molar-refractivity contribution >= 4 is 5.97 Å². The maximum atomic E-state index is 11.4. The molecule has 0 saturated carbocycles. The first kappa shape index (κ1) is 13.1. The minimum atomic E-state index is -0.456. The normalized spacial score (nSPS) is 21.6. The van der Waals surface area contributed by atoms with Crippen LogP contribution in [-0.4, -0.2) is 24.2 Å². The van der Waals surface area contributed by atoms with Crippen molar-refractivity contribution in [1.82, 2.24) is 5.32 Å². The number of carbonyl (C=O) groups excluding carboxylic acids is 1. The molecule has 1 aliphatic heterocycles. The van der Waals surface area contributed by atoms with E-state index in [2.05, 4.69) is 17.2 Å². The topological polar surface area (TPSA) is 38.3 Å². The van der Waals surface area contributed by atoms with Gasteiger partial charge in [0, 0.05) is 5.92 Å². The fourth-order valence-corrected chi connectivity index (χ4v) is 1.60. The fourth-order valence-electron chi connectivity index (χ4n) is 1.60.